The number of rotatable bonds is 8. The summed E-state index contributed by atoms with van der Waals surface area (Å²) in [5.41, 5.74) is 8.31. The second-order valence-corrected chi connectivity index (χ2v) is 13.6. The van der Waals surface area contributed by atoms with Gasteiger partial charge in [0.15, 0.2) is 16.5 Å². The summed E-state index contributed by atoms with van der Waals surface area (Å²) in [4.78, 5) is 3.49. The fraction of sp³-hybridized carbons (Fsp3) is 0.367. The van der Waals surface area contributed by atoms with Crippen LogP contribution >= 0.6 is 34.9 Å². The molecule has 7 rings (SSSR count). The Labute approximate surface area is 257 Å². The van der Waals surface area contributed by atoms with Crippen LogP contribution in [0, 0.1) is 0 Å². The first-order valence-electron chi connectivity index (χ1n) is 13.9. The van der Waals surface area contributed by atoms with Gasteiger partial charge in [-0.1, -0.05) is 54.7 Å². The molecular weight excluding hydrogens is 589 g/mol. The molecule has 42 heavy (non-hydrogen) atoms. The van der Waals surface area contributed by atoms with Gasteiger partial charge in [0.2, 0.25) is 5.95 Å². The van der Waals surface area contributed by atoms with Gasteiger partial charge in [0, 0.05) is 28.4 Å². The molecule has 9 nitrogen and oxygen atoms in total. The first-order chi connectivity index (χ1) is 20.5. The van der Waals surface area contributed by atoms with E-state index in [4.69, 9.17) is 29.5 Å². The number of hydrogen-bond acceptors (Lipinski definition) is 11. The number of hydrazone groups is 1. The van der Waals surface area contributed by atoms with E-state index in [1.165, 1.54) is 27.1 Å². The number of thiophene rings is 1. The summed E-state index contributed by atoms with van der Waals surface area (Å²) >= 11 is 5.18. The number of amidine groups is 1. The Morgan fingerprint density at radius 1 is 1.00 bits per heavy atom. The lowest BCUT2D eigenvalue weighted by Crippen LogP contribution is -2.40. The van der Waals surface area contributed by atoms with Crippen LogP contribution in [-0.4, -0.2) is 39.8 Å². The Morgan fingerprint density at radius 2 is 1.67 bits per heavy atom. The summed E-state index contributed by atoms with van der Waals surface area (Å²) in [5.74, 6) is 4.04. The van der Waals surface area contributed by atoms with Crippen LogP contribution in [0.5, 0.6) is 11.5 Å². The number of thioether (sulfide) groups is 2. The van der Waals surface area contributed by atoms with Crippen LogP contribution in [0.4, 0.5) is 5.95 Å². The second kappa shape index (κ2) is 11.1. The van der Waals surface area contributed by atoms with E-state index in [9.17, 15) is 0 Å². The van der Waals surface area contributed by atoms with Crippen LogP contribution in [0.2, 0.25) is 0 Å². The monoisotopic (exact) mass is 620 g/mol. The van der Waals surface area contributed by atoms with Crippen molar-refractivity contribution in [3.05, 3.63) is 75.7 Å². The smallest absolute Gasteiger partial charge is 0.241 e. The van der Waals surface area contributed by atoms with Gasteiger partial charge in [-0.2, -0.15) is 5.10 Å². The number of hydrogen-bond donors (Lipinski definition) is 1. The Kier molecular flexibility index (Phi) is 7.33. The predicted octanol–water partition coefficient (Wildman–Crippen LogP) is 6.51. The molecule has 0 aliphatic carbocycles. The van der Waals surface area contributed by atoms with Gasteiger partial charge in [-0.15, -0.1) is 21.5 Å². The van der Waals surface area contributed by atoms with Crippen LogP contribution in [0.3, 0.4) is 0 Å². The maximum Gasteiger partial charge on any atom is 0.241 e. The number of anilines is 1. The molecule has 1 unspecified atom stereocenters. The molecular formula is C30H32N6O3S3. The summed E-state index contributed by atoms with van der Waals surface area (Å²) in [6, 6.07) is 16.4. The molecule has 2 atom stereocenters. The Balaban J connectivity index is 1.23. The maximum absolute atomic E-state index is 6.36. The highest BCUT2D eigenvalue weighted by Crippen LogP contribution is 2.50. The van der Waals surface area contributed by atoms with E-state index in [0.717, 1.165) is 57.1 Å². The quantitative estimate of drug-likeness (QED) is 0.222. The number of benzene rings is 2. The summed E-state index contributed by atoms with van der Waals surface area (Å²) in [6.07, 6.45) is 1.70. The molecule has 3 aliphatic rings. The minimum Gasteiger partial charge on any atom is -0.497 e. The molecule has 0 spiro atoms. The first kappa shape index (κ1) is 27.6. The first-order valence-corrected chi connectivity index (χ1v) is 16.7. The average Bonchev–Trinajstić information content (AvgIpc) is 3.74. The molecule has 3 aliphatic heterocycles. The maximum atomic E-state index is 6.36. The molecule has 1 N–H and O–H groups in total. The van der Waals surface area contributed by atoms with Gasteiger partial charge >= 0.3 is 0 Å². The molecule has 5 heterocycles. The minimum absolute atomic E-state index is 0.131. The molecule has 12 heteroatoms. The normalized spacial score (nSPS) is 20.2. The largest absolute Gasteiger partial charge is 0.497 e. The molecule has 2 aromatic carbocycles. The zero-order valence-electron chi connectivity index (χ0n) is 23.9. The van der Waals surface area contributed by atoms with Gasteiger partial charge in [0.25, 0.3) is 0 Å². The van der Waals surface area contributed by atoms with E-state index in [0.29, 0.717) is 6.61 Å². The Hall–Kier alpha value is -3.19. The fourth-order valence-electron chi connectivity index (χ4n) is 5.43. The van der Waals surface area contributed by atoms with E-state index in [1.54, 1.807) is 49.1 Å². The van der Waals surface area contributed by atoms with Crippen molar-refractivity contribution in [3.8, 4) is 16.5 Å². The molecule has 218 valence electrons. The lowest BCUT2D eigenvalue weighted by atomic mass is 9.88. The minimum atomic E-state index is -0.183. The van der Waals surface area contributed by atoms with Crippen molar-refractivity contribution in [2.45, 2.75) is 61.7 Å². The molecule has 0 amide bonds. The average molecular weight is 621 g/mol. The Bertz CT molecular complexity index is 1640. The van der Waals surface area contributed by atoms with Gasteiger partial charge < -0.3 is 14.2 Å². The Morgan fingerprint density at radius 3 is 2.31 bits per heavy atom. The lowest BCUT2D eigenvalue weighted by molar-refractivity contribution is -0.0549. The van der Waals surface area contributed by atoms with Gasteiger partial charge in [-0.25, -0.2) is 4.57 Å². The van der Waals surface area contributed by atoms with Crippen molar-refractivity contribution in [3.63, 3.8) is 0 Å². The molecule has 0 radical (unpaired) electrons. The molecule has 0 fully saturated rings. The highest BCUT2D eigenvalue weighted by atomic mass is 32.2. The number of methoxy groups -OCH3 is 2. The van der Waals surface area contributed by atoms with E-state index in [2.05, 4.69) is 53.0 Å². The number of nitrogens with zero attached hydrogens (tertiary/aromatic N) is 5. The van der Waals surface area contributed by atoms with E-state index >= 15 is 0 Å². The SMILES string of the molecule is CC[C@]1(C)Cc2c(sc3c2C2NN=C(SCc4ccc(OC)cc4)N2c2nnc(SCc4ccc(OC)cc4)n2-3)CO1. The number of aromatic nitrogens is 3. The van der Waals surface area contributed by atoms with Crippen LogP contribution in [0.25, 0.3) is 5.00 Å². The van der Waals surface area contributed by atoms with Crippen LogP contribution in [0.1, 0.15) is 53.6 Å². The number of ether oxygens (including phenoxy) is 3. The highest BCUT2D eigenvalue weighted by molar-refractivity contribution is 8.13. The summed E-state index contributed by atoms with van der Waals surface area (Å²) in [6.45, 7) is 5.04. The standard InChI is InChI=1S/C30H32N6O3S3/c1-5-30(2)14-22-23(15-39-30)42-26-24(22)25-31-33-28(40-16-18-6-10-20(37-3)11-7-18)35(25)27-32-34-29(36(26)27)41-17-19-8-12-21(38-4)13-9-19/h6-13,25,31H,5,14-17H2,1-4H3/t25?,30-/m1/s1. The van der Waals surface area contributed by atoms with E-state index < -0.39 is 0 Å². The molecule has 0 saturated carbocycles. The molecule has 0 saturated heterocycles. The van der Waals surface area contributed by atoms with Crippen molar-refractivity contribution in [1.82, 2.24) is 20.2 Å². The highest BCUT2D eigenvalue weighted by Gasteiger charge is 2.46. The molecule has 0 bridgehead atoms. The van der Waals surface area contributed by atoms with Crippen molar-refractivity contribution in [2.75, 3.05) is 19.1 Å². The fourth-order valence-corrected chi connectivity index (χ4v) is 8.57. The van der Waals surface area contributed by atoms with Gasteiger partial charge in [-0.05, 0) is 54.3 Å². The summed E-state index contributed by atoms with van der Waals surface area (Å²) in [7, 11) is 3.37. The van der Waals surface area contributed by atoms with Crippen molar-refractivity contribution >= 4 is 46.0 Å². The van der Waals surface area contributed by atoms with E-state index in [-0.39, 0.29) is 11.8 Å². The van der Waals surface area contributed by atoms with Crippen LogP contribution in [0.15, 0.2) is 58.8 Å². The lowest BCUT2D eigenvalue weighted by Gasteiger charge is -2.35. The van der Waals surface area contributed by atoms with Gasteiger partial charge in [0.1, 0.15) is 16.5 Å². The second-order valence-electron chi connectivity index (χ2n) is 10.7. The van der Waals surface area contributed by atoms with Crippen molar-refractivity contribution < 1.29 is 14.2 Å². The van der Waals surface area contributed by atoms with Crippen molar-refractivity contribution in [2.24, 2.45) is 5.10 Å². The van der Waals surface area contributed by atoms with Gasteiger partial charge in [-0.3, -0.25) is 10.3 Å². The van der Waals surface area contributed by atoms with Crippen molar-refractivity contribution in [1.29, 1.82) is 0 Å². The number of fused-ring (bicyclic) bond motifs is 8. The van der Waals surface area contributed by atoms with E-state index in [1.807, 2.05) is 24.3 Å². The topological polar surface area (TPSA) is 86.0 Å². The zero-order chi connectivity index (χ0) is 28.8. The summed E-state index contributed by atoms with van der Waals surface area (Å²) < 4.78 is 19.2. The van der Waals surface area contributed by atoms with Gasteiger partial charge in [0.05, 0.1) is 26.4 Å². The molecule has 2 aromatic heterocycles. The third kappa shape index (κ3) is 4.83. The third-order valence-corrected chi connectivity index (χ3v) is 11.3. The third-order valence-electron chi connectivity index (χ3n) is 8.07. The van der Waals surface area contributed by atoms with Crippen LogP contribution in [-0.2, 0) is 29.3 Å². The van der Waals surface area contributed by atoms with Crippen LogP contribution < -0.4 is 19.8 Å². The molecule has 4 aromatic rings. The predicted molar refractivity (Wildman–Crippen MR) is 169 cm³/mol. The zero-order valence-corrected chi connectivity index (χ0v) is 26.4. The summed E-state index contributed by atoms with van der Waals surface area (Å²) in [5, 5.41) is 17.2. The number of nitrogens with one attached hydrogen (secondary N) is 1.